The van der Waals surface area contributed by atoms with Crippen LogP contribution in [0.5, 0.6) is 11.5 Å². The highest BCUT2D eigenvalue weighted by Crippen LogP contribution is 2.38. The first kappa shape index (κ1) is 36.9. The number of aliphatic hydroxyl groups is 2. The number of carbonyl (C=O) groups is 2. The lowest BCUT2D eigenvalue weighted by Crippen LogP contribution is -2.43. The largest absolute Gasteiger partial charge is 0.544 e. The Morgan fingerprint density at radius 2 is 0.978 bits per heavy atom. The molecule has 250 valence electrons. The van der Waals surface area contributed by atoms with E-state index in [0.717, 1.165) is 11.5 Å². The topological polar surface area (TPSA) is 130 Å². The number of rotatable bonds is 12. The molecule has 0 bridgehead atoms. The van der Waals surface area contributed by atoms with E-state index in [1.165, 1.54) is 12.1 Å². The average Bonchev–Trinajstić information content (AvgIpc) is 2.98. The molecule has 2 aromatic carbocycles. The summed E-state index contributed by atoms with van der Waals surface area (Å²) in [7, 11) is -4.02. The Bertz CT molecular complexity index is 1370. The van der Waals surface area contributed by atoms with Crippen molar-refractivity contribution in [2.75, 3.05) is 13.2 Å². The van der Waals surface area contributed by atoms with Crippen molar-refractivity contribution >= 4 is 28.4 Å². The number of carbonyl (C=O) groups excluding carboxylic acids is 2. The van der Waals surface area contributed by atoms with Crippen molar-refractivity contribution in [2.45, 2.75) is 89.9 Å². The molecule has 1 heterocycles. The number of nitrogens with one attached hydrogen (secondary N) is 2. The van der Waals surface area contributed by atoms with Crippen LogP contribution in [0.1, 0.15) is 85.7 Å². The SMILES string of the molecule is CC(C)(C)[Si](C)(C)Oc1ccc([C@H](CO)NC(=O)c2cccc(C(=O)N[C@H](CO)c3ccc(O[Si](C)(C)C(C)(C)C)cc3)n2)cc1. The van der Waals surface area contributed by atoms with Crippen molar-refractivity contribution in [3.63, 3.8) is 0 Å². The molecular weight excluding hydrogens is 615 g/mol. The number of hydrogen-bond acceptors (Lipinski definition) is 7. The molecule has 0 saturated heterocycles. The number of benzene rings is 2. The molecular formula is C35H51N3O6Si2. The van der Waals surface area contributed by atoms with Gasteiger partial charge in [-0.2, -0.15) is 0 Å². The lowest BCUT2D eigenvalue weighted by atomic mass is 10.1. The zero-order valence-corrected chi connectivity index (χ0v) is 30.9. The predicted octanol–water partition coefficient (Wildman–Crippen LogP) is 6.78. The van der Waals surface area contributed by atoms with Crippen LogP contribution in [0, 0.1) is 0 Å². The van der Waals surface area contributed by atoms with Gasteiger partial charge in [-0.05, 0) is 83.8 Å². The Hall–Kier alpha value is -3.52. The van der Waals surface area contributed by atoms with Crippen LogP contribution < -0.4 is 19.5 Å². The molecule has 3 rings (SSSR count). The van der Waals surface area contributed by atoms with E-state index >= 15 is 0 Å². The molecule has 0 aliphatic heterocycles. The first-order valence-corrected chi connectivity index (χ1v) is 21.5. The Labute approximate surface area is 276 Å². The zero-order chi connectivity index (χ0) is 34.5. The molecule has 4 N–H and O–H groups in total. The van der Waals surface area contributed by atoms with Crippen LogP contribution in [0.3, 0.4) is 0 Å². The standard InChI is InChI=1S/C35H51N3O6Si2/c1-34(2,3)45(7,8)43-26-18-14-24(15-19-26)30(22-39)37-32(41)28-12-11-13-29(36-28)33(42)38-31(23-40)25-16-20-27(21-17-25)44-46(9,10)35(4,5)6/h11-21,30-31,39-40H,22-23H2,1-10H3,(H,37,41)(H,38,42)/t30-,31+. The molecule has 0 unspecified atom stereocenters. The summed E-state index contributed by atoms with van der Waals surface area (Å²) in [6, 6.07) is 17.9. The van der Waals surface area contributed by atoms with E-state index in [1.807, 2.05) is 48.5 Å². The van der Waals surface area contributed by atoms with E-state index in [1.54, 1.807) is 6.07 Å². The van der Waals surface area contributed by atoms with Crippen molar-refractivity contribution in [3.8, 4) is 11.5 Å². The summed E-state index contributed by atoms with van der Waals surface area (Å²) in [5.41, 5.74) is 1.46. The Morgan fingerprint density at radius 1 is 0.652 bits per heavy atom. The number of nitrogens with zero attached hydrogens (tertiary/aromatic N) is 1. The van der Waals surface area contributed by atoms with Gasteiger partial charge in [0, 0.05) is 0 Å². The Kier molecular flexibility index (Phi) is 11.6. The van der Waals surface area contributed by atoms with Crippen LogP contribution in [0.15, 0.2) is 66.7 Å². The van der Waals surface area contributed by atoms with Gasteiger partial charge in [-0.3, -0.25) is 9.59 Å². The van der Waals surface area contributed by atoms with Crippen LogP contribution in [0.2, 0.25) is 36.3 Å². The average molecular weight is 666 g/mol. The van der Waals surface area contributed by atoms with Gasteiger partial charge in [-0.1, -0.05) is 71.9 Å². The smallest absolute Gasteiger partial charge is 0.270 e. The first-order chi connectivity index (χ1) is 21.3. The monoisotopic (exact) mass is 665 g/mol. The summed E-state index contributed by atoms with van der Waals surface area (Å²) in [5.74, 6) is 0.420. The van der Waals surface area contributed by atoms with E-state index in [2.05, 4.69) is 83.3 Å². The molecule has 2 atom stereocenters. The number of pyridine rings is 1. The molecule has 0 saturated carbocycles. The first-order valence-electron chi connectivity index (χ1n) is 15.7. The molecule has 9 nitrogen and oxygen atoms in total. The van der Waals surface area contributed by atoms with Gasteiger partial charge in [0.15, 0.2) is 0 Å². The molecule has 0 aliphatic rings. The second-order valence-electron chi connectivity index (χ2n) is 14.7. The van der Waals surface area contributed by atoms with Crippen molar-refractivity contribution in [2.24, 2.45) is 0 Å². The van der Waals surface area contributed by atoms with Crippen molar-refractivity contribution in [1.82, 2.24) is 15.6 Å². The van der Waals surface area contributed by atoms with Gasteiger partial charge < -0.3 is 29.7 Å². The summed E-state index contributed by atoms with van der Waals surface area (Å²) in [6.07, 6.45) is 0. The third kappa shape index (κ3) is 9.28. The van der Waals surface area contributed by atoms with Crippen molar-refractivity contribution in [1.29, 1.82) is 0 Å². The number of hydrogen-bond donors (Lipinski definition) is 4. The van der Waals surface area contributed by atoms with Gasteiger partial charge in [-0.15, -0.1) is 0 Å². The van der Waals surface area contributed by atoms with E-state index < -0.39 is 40.5 Å². The third-order valence-electron chi connectivity index (χ3n) is 9.11. The third-order valence-corrected chi connectivity index (χ3v) is 17.8. The van der Waals surface area contributed by atoms with E-state index in [4.69, 9.17) is 8.85 Å². The van der Waals surface area contributed by atoms with Gasteiger partial charge in [0.2, 0.25) is 16.6 Å². The minimum absolute atomic E-state index is 0.0247. The maximum atomic E-state index is 13.1. The van der Waals surface area contributed by atoms with Gasteiger partial charge in [0.05, 0.1) is 25.3 Å². The fraction of sp³-hybridized carbons (Fsp3) is 0.457. The summed E-state index contributed by atoms with van der Waals surface area (Å²) < 4.78 is 12.7. The second kappa shape index (κ2) is 14.5. The highest BCUT2D eigenvalue weighted by atomic mass is 28.4. The van der Waals surface area contributed by atoms with Gasteiger partial charge in [0.25, 0.3) is 11.8 Å². The highest BCUT2D eigenvalue weighted by molar-refractivity contribution is 6.75. The van der Waals surface area contributed by atoms with Crippen LogP contribution in [0.4, 0.5) is 0 Å². The minimum atomic E-state index is -2.01. The molecule has 46 heavy (non-hydrogen) atoms. The molecule has 0 fully saturated rings. The maximum Gasteiger partial charge on any atom is 0.270 e. The quantitative estimate of drug-likeness (QED) is 0.157. The van der Waals surface area contributed by atoms with Crippen LogP contribution in [0.25, 0.3) is 0 Å². The summed E-state index contributed by atoms with van der Waals surface area (Å²) >= 11 is 0. The van der Waals surface area contributed by atoms with Gasteiger partial charge in [-0.25, -0.2) is 4.98 Å². The Morgan fingerprint density at radius 3 is 1.26 bits per heavy atom. The zero-order valence-electron chi connectivity index (χ0n) is 28.9. The van der Waals surface area contributed by atoms with Crippen molar-refractivity contribution in [3.05, 3.63) is 89.2 Å². The number of aliphatic hydroxyl groups excluding tert-OH is 2. The lowest BCUT2D eigenvalue weighted by Gasteiger charge is -2.36. The number of amides is 2. The van der Waals surface area contributed by atoms with E-state index in [-0.39, 0.29) is 34.7 Å². The summed E-state index contributed by atoms with van der Waals surface area (Å²) in [4.78, 5) is 30.5. The second-order valence-corrected chi connectivity index (χ2v) is 24.1. The maximum absolute atomic E-state index is 13.1. The fourth-order valence-electron chi connectivity index (χ4n) is 4.05. The lowest BCUT2D eigenvalue weighted by molar-refractivity contribution is 0.0905. The van der Waals surface area contributed by atoms with Gasteiger partial charge in [0.1, 0.15) is 22.9 Å². The normalized spacial score (nSPS) is 13.8. The van der Waals surface area contributed by atoms with E-state index in [0.29, 0.717) is 11.1 Å². The van der Waals surface area contributed by atoms with Crippen LogP contribution in [-0.4, -0.2) is 56.9 Å². The molecule has 0 radical (unpaired) electrons. The molecule has 0 aliphatic carbocycles. The predicted molar refractivity (Wildman–Crippen MR) is 187 cm³/mol. The molecule has 0 spiro atoms. The number of aromatic nitrogens is 1. The summed E-state index contributed by atoms with van der Waals surface area (Å²) in [5, 5.41) is 25.8. The van der Waals surface area contributed by atoms with Crippen molar-refractivity contribution < 1.29 is 28.7 Å². The van der Waals surface area contributed by atoms with Crippen LogP contribution >= 0.6 is 0 Å². The van der Waals surface area contributed by atoms with E-state index in [9.17, 15) is 19.8 Å². The van der Waals surface area contributed by atoms with Crippen LogP contribution in [-0.2, 0) is 0 Å². The molecule has 3 aromatic rings. The minimum Gasteiger partial charge on any atom is -0.544 e. The Balaban J connectivity index is 1.67. The highest BCUT2D eigenvalue weighted by Gasteiger charge is 2.40. The summed E-state index contributed by atoms with van der Waals surface area (Å²) in [6.45, 7) is 21.1. The molecule has 2 amide bonds. The molecule has 11 heteroatoms. The molecule has 1 aromatic heterocycles. The van der Waals surface area contributed by atoms with Gasteiger partial charge >= 0.3 is 0 Å². The fourth-order valence-corrected chi connectivity index (χ4v) is 6.12.